The quantitative estimate of drug-likeness (QED) is 0.711. The third kappa shape index (κ3) is 7.45. The first-order valence-electron chi connectivity index (χ1n) is 8.39. The molecule has 1 rings (SSSR count). The van der Waals surface area contributed by atoms with E-state index in [2.05, 4.69) is 26.1 Å². The van der Waals surface area contributed by atoms with E-state index in [1.54, 1.807) is 25.3 Å². The Morgan fingerprint density at radius 1 is 1.20 bits per heavy atom. The molecular weight excluding hydrogens is 322 g/mol. The molecule has 0 saturated carbocycles. The molecule has 140 valence electrons. The number of ether oxygens (including phenoxy) is 2. The second-order valence-corrected chi connectivity index (χ2v) is 7.24. The third-order valence-electron chi connectivity index (χ3n) is 3.86. The smallest absolute Gasteiger partial charge is 0.305 e. The molecule has 1 unspecified atom stereocenters. The molecule has 6 nitrogen and oxygen atoms in total. The zero-order valence-corrected chi connectivity index (χ0v) is 15.7. The van der Waals surface area contributed by atoms with Gasteiger partial charge in [0.15, 0.2) is 0 Å². The highest BCUT2D eigenvalue weighted by atomic mass is 16.5. The number of nitrogens with one attached hydrogen (secondary N) is 1. The van der Waals surface area contributed by atoms with Crippen molar-refractivity contribution >= 4 is 11.9 Å². The van der Waals surface area contributed by atoms with E-state index in [-0.39, 0.29) is 17.7 Å². The highest BCUT2D eigenvalue weighted by Gasteiger charge is 2.22. The molecule has 0 bridgehead atoms. The number of hydrogen-bond donors (Lipinski definition) is 2. The fourth-order valence-electron chi connectivity index (χ4n) is 2.57. The highest BCUT2D eigenvalue weighted by Crippen LogP contribution is 2.31. The lowest BCUT2D eigenvalue weighted by molar-refractivity contribution is -0.137. The zero-order valence-electron chi connectivity index (χ0n) is 15.7. The van der Waals surface area contributed by atoms with E-state index >= 15 is 0 Å². The molecular formula is C19H29NO5. The number of rotatable bonds is 9. The van der Waals surface area contributed by atoms with Crippen molar-refractivity contribution in [3.8, 4) is 11.5 Å². The molecule has 2 N–H and O–H groups in total. The Kier molecular flexibility index (Phi) is 7.74. The maximum Gasteiger partial charge on any atom is 0.305 e. The summed E-state index contributed by atoms with van der Waals surface area (Å²) in [5, 5.41) is 12.0. The van der Waals surface area contributed by atoms with Crippen LogP contribution in [-0.4, -0.2) is 31.2 Å². The zero-order chi connectivity index (χ0) is 19.0. The molecule has 25 heavy (non-hydrogen) atoms. The van der Waals surface area contributed by atoms with Gasteiger partial charge in [0.25, 0.3) is 0 Å². The van der Waals surface area contributed by atoms with Crippen LogP contribution in [0.2, 0.25) is 0 Å². The van der Waals surface area contributed by atoms with E-state index < -0.39 is 12.0 Å². The summed E-state index contributed by atoms with van der Waals surface area (Å²) in [6, 6.07) is 4.47. The molecule has 0 spiro atoms. The first kappa shape index (κ1) is 20.8. The van der Waals surface area contributed by atoms with E-state index in [1.165, 1.54) is 7.11 Å². The summed E-state index contributed by atoms with van der Waals surface area (Å²) in [6.07, 6.45) is 1.84. The molecule has 1 amide bonds. The molecule has 0 aromatic heterocycles. The first-order chi connectivity index (χ1) is 11.7. The summed E-state index contributed by atoms with van der Waals surface area (Å²) in [4.78, 5) is 23.5. The van der Waals surface area contributed by atoms with Crippen LogP contribution < -0.4 is 14.8 Å². The molecule has 6 heteroatoms. The molecule has 0 fully saturated rings. The van der Waals surface area contributed by atoms with Crippen LogP contribution in [0.25, 0.3) is 0 Å². The van der Waals surface area contributed by atoms with Crippen molar-refractivity contribution in [2.75, 3.05) is 14.2 Å². The molecule has 1 atom stereocenters. The van der Waals surface area contributed by atoms with Crippen molar-refractivity contribution in [3.63, 3.8) is 0 Å². The van der Waals surface area contributed by atoms with Crippen LogP contribution in [0.4, 0.5) is 0 Å². The normalized spacial score (nSPS) is 12.4. The Morgan fingerprint density at radius 3 is 2.40 bits per heavy atom. The molecule has 0 aliphatic heterocycles. The van der Waals surface area contributed by atoms with Crippen LogP contribution in [-0.2, 0) is 9.59 Å². The van der Waals surface area contributed by atoms with Gasteiger partial charge in [-0.05, 0) is 30.4 Å². The maximum atomic E-state index is 12.2. The van der Waals surface area contributed by atoms with Gasteiger partial charge in [0.2, 0.25) is 5.91 Å². The van der Waals surface area contributed by atoms with Gasteiger partial charge in [0, 0.05) is 18.1 Å². The summed E-state index contributed by atoms with van der Waals surface area (Å²) >= 11 is 0. The molecule has 0 saturated heterocycles. The predicted molar refractivity (Wildman–Crippen MR) is 96.0 cm³/mol. The summed E-state index contributed by atoms with van der Waals surface area (Å²) in [6.45, 7) is 6.38. The van der Waals surface area contributed by atoms with E-state index in [9.17, 15) is 14.7 Å². The minimum atomic E-state index is -0.988. The number of benzene rings is 1. The van der Waals surface area contributed by atoms with Gasteiger partial charge in [-0.25, -0.2) is 0 Å². The molecule has 0 aliphatic rings. The second-order valence-electron chi connectivity index (χ2n) is 7.24. The van der Waals surface area contributed by atoms with Gasteiger partial charge in [-0.3, -0.25) is 9.59 Å². The summed E-state index contributed by atoms with van der Waals surface area (Å²) in [5.74, 6) is -0.0574. The van der Waals surface area contributed by atoms with Crippen LogP contribution in [0.15, 0.2) is 18.2 Å². The number of hydrogen-bond acceptors (Lipinski definition) is 4. The average molecular weight is 351 g/mol. The van der Waals surface area contributed by atoms with Gasteiger partial charge < -0.3 is 19.9 Å². The number of amides is 1. The van der Waals surface area contributed by atoms with E-state index in [0.717, 1.165) is 12.8 Å². The SMILES string of the molecule is COc1ccc(C(CC(=O)O)NC(=O)CCCC(C)(C)C)c(OC)c1. The van der Waals surface area contributed by atoms with E-state index in [4.69, 9.17) is 9.47 Å². The van der Waals surface area contributed by atoms with Crippen LogP contribution in [0.5, 0.6) is 11.5 Å². The van der Waals surface area contributed by atoms with Crippen LogP contribution in [0.1, 0.15) is 58.1 Å². The Labute approximate surface area is 149 Å². The third-order valence-corrected chi connectivity index (χ3v) is 3.86. The van der Waals surface area contributed by atoms with Crippen LogP contribution in [0, 0.1) is 5.41 Å². The minimum Gasteiger partial charge on any atom is -0.497 e. The maximum absolute atomic E-state index is 12.2. The summed E-state index contributed by atoms with van der Waals surface area (Å²) in [5.41, 5.74) is 0.787. The van der Waals surface area contributed by atoms with E-state index in [0.29, 0.717) is 23.5 Å². The Morgan fingerprint density at radius 2 is 1.88 bits per heavy atom. The molecule has 0 aliphatic carbocycles. The van der Waals surface area contributed by atoms with Gasteiger partial charge in [-0.2, -0.15) is 0 Å². The van der Waals surface area contributed by atoms with Crippen molar-refractivity contribution in [1.29, 1.82) is 0 Å². The fourth-order valence-corrected chi connectivity index (χ4v) is 2.57. The largest absolute Gasteiger partial charge is 0.497 e. The van der Waals surface area contributed by atoms with Gasteiger partial charge in [-0.15, -0.1) is 0 Å². The topological polar surface area (TPSA) is 84.9 Å². The lowest BCUT2D eigenvalue weighted by atomic mass is 9.90. The summed E-state index contributed by atoms with van der Waals surface area (Å²) in [7, 11) is 3.04. The highest BCUT2D eigenvalue weighted by molar-refractivity contribution is 5.78. The van der Waals surface area contributed by atoms with Gasteiger partial charge >= 0.3 is 5.97 Å². The number of carboxylic acids is 1. The van der Waals surface area contributed by atoms with Crippen molar-refractivity contribution < 1.29 is 24.2 Å². The lowest BCUT2D eigenvalue weighted by Crippen LogP contribution is -2.30. The Bertz CT molecular complexity index is 592. The summed E-state index contributed by atoms with van der Waals surface area (Å²) < 4.78 is 10.5. The number of aliphatic carboxylic acids is 1. The molecule has 1 aromatic rings. The van der Waals surface area contributed by atoms with Crippen molar-refractivity contribution in [3.05, 3.63) is 23.8 Å². The van der Waals surface area contributed by atoms with Crippen LogP contribution >= 0.6 is 0 Å². The lowest BCUT2D eigenvalue weighted by Gasteiger charge is -2.21. The number of methoxy groups -OCH3 is 2. The molecule has 0 radical (unpaired) electrons. The van der Waals surface area contributed by atoms with Crippen LogP contribution in [0.3, 0.4) is 0 Å². The minimum absolute atomic E-state index is 0.159. The predicted octanol–water partition coefficient (Wildman–Crippen LogP) is 3.55. The fraction of sp³-hybridized carbons (Fsp3) is 0.579. The monoisotopic (exact) mass is 351 g/mol. The van der Waals surface area contributed by atoms with E-state index in [1.807, 2.05) is 0 Å². The number of carbonyl (C=O) groups excluding carboxylic acids is 1. The second kappa shape index (κ2) is 9.30. The Hall–Kier alpha value is -2.24. The van der Waals surface area contributed by atoms with Gasteiger partial charge in [-0.1, -0.05) is 20.8 Å². The van der Waals surface area contributed by atoms with Gasteiger partial charge in [0.05, 0.1) is 26.7 Å². The standard InChI is InChI=1S/C19H29NO5/c1-19(2,3)10-6-7-17(21)20-15(12-18(22)23)14-9-8-13(24-4)11-16(14)25-5/h8-9,11,15H,6-7,10,12H2,1-5H3,(H,20,21)(H,22,23). The van der Waals surface area contributed by atoms with Crippen molar-refractivity contribution in [1.82, 2.24) is 5.32 Å². The number of carboxylic acid groups (broad SMARTS) is 1. The van der Waals surface area contributed by atoms with Crippen molar-refractivity contribution in [2.24, 2.45) is 5.41 Å². The van der Waals surface area contributed by atoms with Crippen molar-refractivity contribution in [2.45, 2.75) is 52.5 Å². The number of carbonyl (C=O) groups is 2. The molecule has 1 aromatic carbocycles. The Balaban J connectivity index is 2.87. The van der Waals surface area contributed by atoms with Gasteiger partial charge in [0.1, 0.15) is 11.5 Å². The first-order valence-corrected chi connectivity index (χ1v) is 8.39. The average Bonchev–Trinajstić information content (AvgIpc) is 2.51. The molecule has 0 heterocycles.